The Balaban J connectivity index is 1.58. The molecule has 1 aliphatic carbocycles. The van der Waals surface area contributed by atoms with Gasteiger partial charge < -0.3 is 16.0 Å². The smallest absolute Gasteiger partial charge is 0.188 e. The van der Waals surface area contributed by atoms with Crippen LogP contribution in [0.5, 0.6) is 0 Å². The van der Waals surface area contributed by atoms with Gasteiger partial charge in [-0.2, -0.15) is 0 Å². The van der Waals surface area contributed by atoms with E-state index in [1.807, 2.05) is 0 Å². The summed E-state index contributed by atoms with van der Waals surface area (Å²) in [6.07, 6.45) is 8.22. The van der Waals surface area contributed by atoms with Crippen molar-refractivity contribution in [1.29, 1.82) is 0 Å². The van der Waals surface area contributed by atoms with Crippen LogP contribution in [-0.4, -0.2) is 43.6 Å². The molecule has 0 amide bonds. The van der Waals surface area contributed by atoms with Crippen molar-refractivity contribution in [3.63, 3.8) is 0 Å². The Labute approximate surface area is 117 Å². The minimum atomic E-state index is 0.599. The molecule has 1 atom stereocenters. The maximum absolute atomic E-state index is 5.91. The average Bonchev–Trinajstić information content (AvgIpc) is 2.36. The summed E-state index contributed by atoms with van der Waals surface area (Å²) in [6.45, 7) is 7.83. The summed E-state index contributed by atoms with van der Waals surface area (Å²) in [7, 11) is 0. The Morgan fingerprint density at radius 2 is 2.00 bits per heavy atom. The quantitative estimate of drug-likeness (QED) is 0.569. The summed E-state index contributed by atoms with van der Waals surface area (Å²) in [5.74, 6) is 2.07. The number of hydrogen-bond acceptors (Lipinski definition) is 2. The number of aliphatic imine (C=N–C) groups is 1. The average molecular weight is 266 g/mol. The highest BCUT2D eigenvalue weighted by Crippen LogP contribution is 2.24. The van der Waals surface area contributed by atoms with Gasteiger partial charge in [-0.15, -0.1) is 0 Å². The van der Waals surface area contributed by atoms with Crippen molar-refractivity contribution in [1.82, 2.24) is 10.2 Å². The Bertz CT molecular complexity index is 280. The van der Waals surface area contributed by atoms with E-state index < -0.39 is 0 Å². The van der Waals surface area contributed by atoms with E-state index in [1.54, 1.807) is 0 Å². The lowest BCUT2D eigenvalue weighted by Gasteiger charge is -2.28. The molecular formula is C15H30N4. The summed E-state index contributed by atoms with van der Waals surface area (Å²) in [5, 5.41) is 3.26. The third kappa shape index (κ3) is 5.39. The molecule has 2 rings (SSSR count). The number of hydrogen-bond donors (Lipinski definition) is 2. The van der Waals surface area contributed by atoms with E-state index in [4.69, 9.17) is 5.73 Å². The minimum absolute atomic E-state index is 0.599. The van der Waals surface area contributed by atoms with Gasteiger partial charge in [0, 0.05) is 19.6 Å². The summed E-state index contributed by atoms with van der Waals surface area (Å²) < 4.78 is 0. The Morgan fingerprint density at radius 1 is 1.26 bits per heavy atom. The van der Waals surface area contributed by atoms with Gasteiger partial charge in [0.1, 0.15) is 0 Å². The fourth-order valence-corrected chi connectivity index (χ4v) is 2.90. The van der Waals surface area contributed by atoms with Gasteiger partial charge >= 0.3 is 0 Å². The fourth-order valence-electron chi connectivity index (χ4n) is 2.90. The lowest BCUT2D eigenvalue weighted by molar-refractivity contribution is 0.203. The molecule has 110 valence electrons. The highest BCUT2D eigenvalue weighted by Gasteiger charge is 2.17. The zero-order valence-electron chi connectivity index (χ0n) is 12.4. The molecule has 1 unspecified atom stereocenters. The SMILES string of the molecule is CC(CN=C(N)NCC1CCC1)CN1CCCCC1. The fraction of sp³-hybridized carbons (Fsp3) is 0.933. The zero-order chi connectivity index (χ0) is 13.5. The molecule has 4 nitrogen and oxygen atoms in total. The van der Waals surface area contributed by atoms with Crippen LogP contribution in [0.25, 0.3) is 0 Å². The highest BCUT2D eigenvalue weighted by molar-refractivity contribution is 5.77. The van der Waals surface area contributed by atoms with Crippen LogP contribution in [0.15, 0.2) is 4.99 Å². The summed E-state index contributed by atoms with van der Waals surface area (Å²) in [4.78, 5) is 7.05. The van der Waals surface area contributed by atoms with Crippen molar-refractivity contribution in [2.75, 3.05) is 32.7 Å². The molecule has 1 saturated carbocycles. The summed E-state index contributed by atoms with van der Waals surface area (Å²) >= 11 is 0. The van der Waals surface area contributed by atoms with Gasteiger partial charge in [-0.1, -0.05) is 19.8 Å². The number of nitrogens with two attached hydrogens (primary N) is 1. The highest BCUT2D eigenvalue weighted by atomic mass is 15.1. The van der Waals surface area contributed by atoms with Gasteiger partial charge in [-0.3, -0.25) is 4.99 Å². The van der Waals surface area contributed by atoms with Gasteiger partial charge in [0.05, 0.1) is 0 Å². The van der Waals surface area contributed by atoms with Crippen LogP contribution < -0.4 is 11.1 Å². The van der Waals surface area contributed by atoms with Crippen LogP contribution in [0.1, 0.15) is 45.4 Å². The molecule has 0 radical (unpaired) electrons. The molecule has 1 aliphatic heterocycles. The molecule has 3 N–H and O–H groups in total. The van der Waals surface area contributed by atoms with Crippen LogP contribution in [0.3, 0.4) is 0 Å². The second kappa shape index (κ2) is 7.73. The van der Waals surface area contributed by atoms with E-state index in [-0.39, 0.29) is 0 Å². The number of piperidine rings is 1. The van der Waals surface area contributed by atoms with Gasteiger partial charge in [-0.25, -0.2) is 0 Å². The van der Waals surface area contributed by atoms with E-state index in [0.717, 1.165) is 19.0 Å². The first-order chi connectivity index (χ1) is 9.24. The molecule has 0 bridgehead atoms. The molecule has 0 aromatic carbocycles. The van der Waals surface area contributed by atoms with Gasteiger partial charge in [0.25, 0.3) is 0 Å². The monoisotopic (exact) mass is 266 g/mol. The molecule has 1 saturated heterocycles. The first kappa shape index (κ1) is 14.6. The lowest BCUT2D eigenvalue weighted by atomic mass is 9.85. The van der Waals surface area contributed by atoms with Crippen molar-refractivity contribution >= 4 is 5.96 Å². The molecule has 4 heteroatoms. The molecule has 0 aromatic rings. The van der Waals surface area contributed by atoms with Gasteiger partial charge in [0.2, 0.25) is 0 Å². The van der Waals surface area contributed by atoms with Crippen LogP contribution in [0.2, 0.25) is 0 Å². The Morgan fingerprint density at radius 3 is 2.63 bits per heavy atom. The predicted octanol–water partition coefficient (Wildman–Crippen LogP) is 1.81. The van der Waals surface area contributed by atoms with Crippen molar-refractivity contribution in [3.8, 4) is 0 Å². The third-order valence-corrected chi connectivity index (χ3v) is 4.39. The van der Waals surface area contributed by atoms with Gasteiger partial charge in [0.15, 0.2) is 5.96 Å². The molecule has 2 aliphatic rings. The molecule has 0 spiro atoms. The van der Waals surface area contributed by atoms with E-state index in [1.165, 1.54) is 58.2 Å². The zero-order valence-corrected chi connectivity index (χ0v) is 12.4. The maximum Gasteiger partial charge on any atom is 0.188 e. The van der Waals surface area contributed by atoms with Crippen molar-refractivity contribution in [2.24, 2.45) is 22.6 Å². The Hall–Kier alpha value is -0.770. The van der Waals surface area contributed by atoms with E-state index in [9.17, 15) is 0 Å². The van der Waals surface area contributed by atoms with Crippen molar-refractivity contribution < 1.29 is 0 Å². The first-order valence-electron chi connectivity index (χ1n) is 8.00. The van der Waals surface area contributed by atoms with E-state index >= 15 is 0 Å². The maximum atomic E-state index is 5.91. The molecule has 2 fully saturated rings. The molecule has 1 heterocycles. The second-order valence-electron chi connectivity index (χ2n) is 6.37. The van der Waals surface area contributed by atoms with E-state index in [2.05, 4.69) is 22.1 Å². The molecule has 0 aromatic heterocycles. The standard InChI is InChI=1S/C15H30N4/c1-13(12-19-8-3-2-4-9-19)10-17-15(16)18-11-14-6-5-7-14/h13-14H,2-12H2,1H3,(H3,16,17,18). The summed E-state index contributed by atoms with van der Waals surface area (Å²) in [6, 6.07) is 0. The predicted molar refractivity (Wildman–Crippen MR) is 81.3 cm³/mol. The number of nitrogens with one attached hydrogen (secondary N) is 1. The summed E-state index contributed by atoms with van der Waals surface area (Å²) in [5.41, 5.74) is 5.91. The van der Waals surface area contributed by atoms with Crippen LogP contribution in [-0.2, 0) is 0 Å². The second-order valence-corrected chi connectivity index (χ2v) is 6.37. The Kier molecular flexibility index (Phi) is 5.95. The van der Waals surface area contributed by atoms with E-state index in [0.29, 0.717) is 11.9 Å². The lowest BCUT2D eigenvalue weighted by Crippen LogP contribution is -2.38. The van der Waals surface area contributed by atoms with Gasteiger partial charge in [-0.05, 0) is 50.6 Å². The molecular weight excluding hydrogens is 236 g/mol. The first-order valence-corrected chi connectivity index (χ1v) is 8.00. The normalized spacial score (nSPS) is 23.9. The van der Waals surface area contributed by atoms with Crippen molar-refractivity contribution in [3.05, 3.63) is 0 Å². The topological polar surface area (TPSA) is 53.6 Å². The minimum Gasteiger partial charge on any atom is -0.370 e. The van der Waals surface area contributed by atoms with Crippen LogP contribution >= 0.6 is 0 Å². The third-order valence-electron chi connectivity index (χ3n) is 4.39. The number of likely N-dealkylation sites (tertiary alicyclic amines) is 1. The van der Waals surface area contributed by atoms with Crippen LogP contribution in [0.4, 0.5) is 0 Å². The molecule has 19 heavy (non-hydrogen) atoms. The number of rotatable bonds is 6. The number of nitrogens with zero attached hydrogens (tertiary/aromatic N) is 2. The van der Waals surface area contributed by atoms with Crippen molar-refractivity contribution in [2.45, 2.75) is 45.4 Å². The van der Waals surface area contributed by atoms with Crippen LogP contribution in [0, 0.1) is 11.8 Å². The largest absolute Gasteiger partial charge is 0.370 e. The number of guanidine groups is 1.